The van der Waals surface area contributed by atoms with Gasteiger partial charge in [0.25, 0.3) is 11.8 Å². The van der Waals surface area contributed by atoms with Crippen LogP contribution in [0, 0.1) is 12.8 Å². The number of hydrogen-bond acceptors (Lipinski definition) is 7. The number of aromatic nitrogens is 1. The number of amides is 2. The van der Waals surface area contributed by atoms with Gasteiger partial charge in [-0.25, -0.2) is 4.98 Å². The molecule has 4 rings (SSSR count). The summed E-state index contributed by atoms with van der Waals surface area (Å²) in [6.07, 6.45) is -0.417. The van der Waals surface area contributed by atoms with Crippen LogP contribution in [-0.2, 0) is 19.5 Å². The van der Waals surface area contributed by atoms with E-state index in [1.54, 1.807) is 36.2 Å². The Balaban J connectivity index is 1.40. The van der Waals surface area contributed by atoms with E-state index in [0.717, 1.165) is 27.6 Å². The van der Waals surface area contributed by atoms with Gasteiger partial charge in [0, 0.05) is 42.3 Å². The van der Waals surface area contributed by atoms with Crippen molar-refractivity contribution in [3.63, 3.8) is 0 Å². The van der Waals surface area contributed by atoms with Crippen LogP contribution in [0.2, 0.25) is 0 Å². The lowest BCUT2D eigenvalue weighted by Gasteiger charge is -2.25. The monoisotopic (exact) mass is 614 g/mol. The Bertz CT molecular complexity index is 1510. The van der Waals surface area contributed by atoms with Crippen molar-refractivity contribution in [3.8, 4) is 5.75 Å². The topological polar surface area (TPSA) is 104 Å². The molecule has 1 aromatic heterocycles. The summed E-state index contributed by atoms with van der Waals surface area (Å²) in [6, 6.07) is 23.8. The molecule has 2 amide bonds. The van der Waals surface area contributed by atoms with Gasteiger partial charge < -0.3 is 25.4 Å². The average molecular weight is 615 g/mol. The van der Waals surface area contributed by atoms with Crippen LogP contribution in [0.4, 0.5) is 0 Å². The Hall–Kier alpha value is -4.05. The number of carbonyl (C=O) groups excluding carboxylic acids is 2. The smallest absolute Gasteiger partial charge is 0.253 e. The first-order valence-electron chi connectivity index (χ1n) is 14.9. The first-order valence-corrected chi connectivity index (χ1v) is 15.8. The SMILES string of the molecule is Cc1csc(CN(C)C(=O)c2cccc(C(=O)NC(Cc3ccccc3)C(O)CNCc3cccc(OCC(C)C)c3)c2)n1. The number of hydrogen-bond donors (Lipinski definition) is 3. The Labute approximate surface area is 264 Å². The minimum Gasteiger partial charge on any atom is -0.493 e. The number of thiazole rings is 1. The van der Waals surface area contributed by atoms with E-state index in [2.05, 4.69) is 29.5 Å². The minimum absolute atomic E-state index is 0.198. The lowest BCUT2D eigenvalue weighted by Crippen LogP contribution is -2.48. The van der Waals surface area contributed by atoms with Crippen LogP contribution in [0.1, 0.15) is 56.4 Å². The molecule has 0 fully saturated rings. The number of benzene rings is 3. The fourth-order valence-corrected chi connectivity index (χ4v) is 5.51. The van der Waals surface area contributed by atoms with Crippen LogP contribution in [0.5, 0.6) is 5.75 Å². The highest BCUT2D eigenvalue weighted by atomic mass is 32.1. The number of carbonyl (C=O) groups is 2. The van der Waals surface area contributed by atoms with Crippen LogP contribution >= 0.6 is 11.3 Å². The summed E-state index contributed by atoms with van der Waals surface area (Å²) >= 11 is 1.51. The molecule has 2 atom stereocenters. The fourth-order valence-electron chi connectivity index (χ4n) is 4.68. The second kappa shape index (κ2) is 16.1. The molecular weight excluding hydrogens is 572 g/mol. The summed E-state index contributed by atoms with van der Waals surface area (Å²) in [5, 5.41) is 20.4. The van der Waals surface area contributed by atoms with Gasteiger partial charge in [0.1, 0.15) is 10.8 Å². The van der Waals surface area contributed by atoms with E-state index < -0.39 is 12.1 Å². The quantitative estimate of drug-likeness (QED) is 0.169. The fraction of sp³-hybridized carbons (Fsp3) is 0.343. The van der Waals surface area contributed by atoms with Gasteiger partial charge >= 0.3 is 0 Å². The third-order valence-corrected chi connectivity index (χ3v) is 7.95. The molecule has 3 aromatic carbocycles. The summed E-state index contributed by atoms with van der Waals surface area (Å²) < 4.78 is 5.84. The molecular formula is C35H42N4O4S. The molecule has 0 aliphatic rings. The Morgan fingerprint density at radius 2 is 1.70 bits per heavy atom. The van der Waals surface area contributed by atoms with Gasteiger partial charge in [-0.1, -0.05) is 62.4 Å². The minimum atomic E-state index is -0.864. The number of aliphatic hydroxyl groups is 1. The zero-order valence-electron chi connectivity index (χ0n) is 25.8. The summed E-state index contributed by atoms with van der Waals surface area (Å²) in [5.41, 5.74) is 3.72. The van der Waals surface area contributed by atoms with Crippen LogP contribution in [-0.4, -0.2) is 59.1 Å². The zero-order valence-corrected chi connectivity index (χ0v) is 26.6. The van der Waals surface area contributed by atoms with E-state index in [1.165, 1.54) is 11.3 Å². The summed E-state index contributed by atoms with van der Waals surface area (Å²) in [4.78, 5) is 32.6. The molecule has 0 spiro atoms. The maximum atomic E-state index is 13.4. The number of aryl methyl sites for hydroxylation is 1. The molecule has 0 aliphatic carbocycles. The predicted molar refractivity (Wildman–Crippen MR) is 175 cm³/mol. The Kier molecular flexibility index (Phi) is 12.1. The Morgan fingerprint density at radius 3 is 2.43 bits per heavy atom. The van der Waals surface area contributed by atoms with Gasteiger partial charge in [-0.2, -0.15) is 0 Å². The Morgan fingerprint density at radius 1 is 0.977 bits per heavy atom. The van der Waals surface area contributed by atoms with Crippen molar-refractivity contribution in [1.29, 1.82) is 0 Å². The first-order chi connectivity index (χ1) is 21.2. The van der Waals surface area contributed by atoms with E-state index in [9.17, 15) is 14.7 Å². The molecule has 4 aromatic rings. The highest BCUT2D eigenvalue weighted by Crippen LogP contribution is 2.16. The zero-order chi connectivity index (χ0) is 31.5. The van der Waals surface area contributed by atoms with Crippen LogP contribution < -0.4 is 15.4 Å². The van der Waals surface area contributed by atoms with Crippen molar-refractivity contribution in [2.24, 2.45) is 5.92 Å². The molecule has 9 heteroatoms. The molecule has 0 saturated carbocycles. The number of nitrogens with one attached hydrogen (secondary N) is 2. The van der Waals surface area contributed by atoms with Crippen molar-refractivity contribution >= 4 is 23.2 Å². The van der Waals surface area contributed by atoms with Gasteiger partial charge in [0.2, 0.25) is 0 Å². The lowest BCUT2D eigenvalue weighted by molar-refractivity contribution is 0.0784. The third-order valence-electron chi connectivity index (χ3n) is 7.00. The number of nitrogens with zero attached hydrogens (tertiary/aromatic N) is 2. The van der Waals surface area contributed by atoms with Crippen LogP contribution in [0.25, 0.3) is 0 Å². The van der Waals surface area contributed by atoms with Gasteiger partial charge in [-0.3, -0.25) is 9.59 Å². The molecule has 1 heterocycles. The molecule has 0 saturated heterocycles. The maximum absolute atomic E-state index is 13.4. The van der Waals surface area contributed by atoms with E-state index >= 15 is 0 Å². The number of aliphatic hydroxyl groups excluding tert-OH is 1. The summed E-state index contributed by atoms with van der Waals surface area (Å²) in [6.45, 7) is 7.99. The normalized spacial score (nSPS) is 12.5. The van der Waals surface area contributed by atoms with Crippen LogP contribution in [0.3, 0.4) is 0 Å². The van der Waals surface area contributed by atoms with E-state index in [4.69, 9.17) is 4.74 Å². The standard InChI is InChI=1S/C35H42N4O4S/c1-24(2)22-43-30-15-8-12-27(16-30)19-36-20-32(40)31(17-26-10-6-5-7-11-26)38-34(41)28-13-9-14-29(18-28)35(42)39(4)21-33-37-25(3)23-44-33/h5-16,18,23-24,31-32,36,40H,17,19-22H2,1-4H3,(H,38,41). The van der Waals surface area contributed by atoms with Crippen molar-refractivity contribution in [2.45, 2.75) is 52.4 Å². The molecule has 232 valence electrons. The first kappa shape index (κ1) is 32.9. The molecule has 8 nitrogen and oxygen atoms in total. The van der Waals surface area contributed by atoms with Crippen molar-refractivity contribution in [2.75, 3.05) is 20.2 Å². The highest BCUT2D eigenvalue weighted by Gasteiger charge is 2.23. The van der Waals surface area contributed by atoms with Crippen molar-refractivity contribution in [1.82, 2.24) is 20.5 Å². The second-order valence-electron chi connectivity index (χ2n) is 11.4. The van der Waals surface area contributed by atoms with Gasteiger partial charge in [-0.15, -0.1) is 11.3 Å². The highest BCUT2D eigenvalue weighted by molar-refractivity contribution is 7.09. The molecule has 44 heavy (non-hydrogen) atoms. The molecule has 2 unspecified atom stereocenters. The largest absolute Gasteiger partial charge is 0.493 e. The van der Waals surface area contributed by atoms with E-state index in [1.807, 2.05) is 66.9 Å². The van der Waals surface area contributed by atoms with E-state index in [0.29, 0.717) is 43.2 Å². The van der Waals surface area contributed by atoms with Crippen LogP contribution in [0.15, 0.2) is 84.2 Å². The molecule has 0 aliphatic heterocycles. The van der Waals surface area contributed by atoms with E-state index in [-0.39, 0.29) is 18.4 Å². The number of ether oxygens (including phenoxy) is 1. The average Bonchev–Trinajstić information content (AvgIpc) is 3.44. The molecule has 0 radical (unpaired) electrons. The predicted octanol–water partition coefficient (Wildman–Crippen LogP) is 5.25. The van der Waals surface area contributed by atoms with Gasteiger partial charge in [-0.05, 0) is 60.7 Å². The third kappa shape index (κ3) is 10.0. The van der Waals surface area contributed by atoms with Crippen molar-refractivity contribution in [3.05, 3.63) is 117 Å². The summed E-state index contributed by atoms with van der Waals surface area (Å²) in [7, 11) is 1.72. The van der Waals surface area contributed by atoms with Gasteiger partial charge in [0.05, 0.1) is 25.3 Å². The molecule has 3 N–H and O–H groups in total. The molecule has 0 bridgehead atoms. The lowest BCUT2D eigenvalue weighted by atomic mass is 10.00. The number of rotatable bonds is 15. The summed E-state index contributed by atoms with van der Waals surface area (Å²) in [5.74, 6) is 0.702. The van der Waals surface area contributed by atoms with Gasteiger partial charge in [0.15, 0.2) is 0 Å². The maximum Gasteiger partial charge on any atom is 0.253 e. The second-order valence-corrected chi connectivity index (χ2v) is 12.4. The van der Waals surface area contributed by atoms with Crippen molar-refractivity contribution < 1.29 is 19.4 Å².